The van der Waals surface area contributed by atoms with E-state index in [-0.39, 0.29) is 36.3 Å². The number of benzene rings is 1. The van der Waals surface area contributed by atoms with Gasteiger partial charge in [0, 0.05) is 12.1 Å². The molecule has 6 heteroatoms. The van der Waals surface area contributed by atoms with Crippen LogP contribution in [-0.2, 0) is 4.79 Å². The summed E-state index contributed by atoms with van der Waals surface area (Å²) >= 11 is 0. The maximum atomic E-state index is 11.9. The van der Waals surface area contributed by atoms with Gasteiger partial charge in [0.15, 0.2) is 0 Å². The maximum Gasteiger partial charge on any atom is 0.251 e. The molecule has 0 saturated heterocycles. The lowest BCUT2D eigenvalue weighted by Gasteiger charge is -2.28. The Morgan fingerprint density at radius 1 is 1.14 bits per heavy atom. The van der Waals surface area contributed by atoms with Gasteiger partial charge in [0.25, 0.3) is 5.91 Å². The van der Waals surface area contributed by atoms with Crippen LogP contribution in [0.25, 0.3) is 0 Å². The smallest absolute Gasteiger partial charge is 0.251 e. The second-order valence-corrected chi connectivity index (χ2v) is 5.29. The molecule has 21 heavy (non-hydrogen) atoms. The van der Waals surface area contributed by atoms with Gasteiger partial charge in [-0.1, -0.05) is 31.0 Å². The van der Waals surface area contributed by atoms with E-state index >= 15 is 0 Å². The first-order valence-corrected chi connectivity index (χ1v) is 6.99. The number of nitrogens with two attached hydrogens (primary N) is 1. The second kappa shape index (κ2) is 8.00. The van der Waals surface area contributed by atoms with E-state index in [4.69, 9.17) is 5.73 Å². The molecule has 0 aromatic heterocycles. The number of rotatable bonds is 5. The number of halogens is 1. The number of carbonyl (C=O) groups excluding carboxylic acids is 2. The molecule has 1 aliphatic rings. The van der Waals surface area contributed by atoms with Gasteiger partial charge in [0.1, 0.15) is 0 Å². The van der Waals surface area contributed by atoms with Crippen LogP contribution in [0.4, 0.5) is 0 Å². The normalized spacial score (nSPS) is 15.9. The van der Waals surface area contributed by atoms with Crippen molar-refractivity contribution >= 4 is 24.2 Å². The minimum absolute atomic E-state index is 0. The lowest BCUT2D eigenvalue weighted by atomic mass is 9.98. The minimum Gasteiger partial charge on any atom is -0.348 e. The van der Waals surface area contributed by atoms with Gasteiger partial charge in [0.05, 0.1) is 12.1 Å². The van der Waals surface area contributed by atoms with Gasteiger partial charge < -0.3 is 16.4 Å². The molecule has 0 heterocycles. The van der Waals surface area contributed by atoms with Gasteiger partial charge in [-0.2, -0.15) is 0 Å². The van der Waals surface area contributed by atoms with Crippen molar-refractivity contribution in [3.05, 3.63) is 35.9 Å². The Balaban J connectivity index is 0.00000220. The molecule has 0 unspecified atom stereocenters. The standard InChI is InChI=1S/C15H21N3O2.ClH/c16-11-15(8-4-5-9-15)18-13(19)10-17-14(20)12-6-2-1-3-7-12;/h1-3,6-7H,4-5,8-11,16H2,(H,17,20)(H,18,19);1H. The van der Waals surface area contributed by atoms with Crippen LogP contribution in [0.2, 0.25) is 0 Å². The van der Waals surface area contributed by atoms with Crippen LogP contribution in [0.15, 0.2) is 30.3 Å². The van der Waals surface area contributed by atoms with Crippen molar-refractivity contribution < 1.29 is 9.59 Å². The molecular weight excluding hydrogens is 290 g/mol. The van der Waals surface area contributed by atoms with Crippen molar-refractivity contribution in [2.75, 3.05) is 13.1 Å². The van der Waals surface area contributed by atoms with Crippen LogP contribution in [-0.4, -0.2) is 30.4 Å². The highest BCUT2D eigenvalue weighted by Gasteiger charge is 2.33. The number of hydrogen-bond donors (Lipinski definition) is 3. The molecule has 0 radical (unpaired) electrons. The summed E-state index contributed by atoms with van der Waals surface area (Å²) in [5.74, 6) is -0.421. The lowest BCUT2D eigenvalue weighted by Crippen LogP contribution is -2.54. The molecule has 0 aliphatic heterocycles. The molecule has 1 aromatic carbocycles. The topological polar surface area (TPSA) is 84.2 Å². The first-order valence-electron chi connectivity index (χ1n) is 6.99. The predicted molar refractivity (Wildman–Crippen MR) is 84.4 cm³/mol. The molecule has 0 atom stereocenters. The average molecular weight is 312 g/mol. The van der Waals surface area contributed by atoms with E-state index in [1.54, 1.807) is 24.3 Å². The van der Waals surface area contributed by atoms with E-state index < -0.39 is 0 Å². The van der Waals surface area contributed by atoms with Crippen LogP contribution in [0.3, 0.4) is 0 Å². The van der Waals surface area contributed by atoms with Crippen molar-refractivity contribution in [3.63, 3.8) is 0 Å². The molecule has 5 nitrogen and oxygen atoms in total. The molecule has 1 saturated carbocycles. The van der Waals surface area contributed by atoms with Crippen molar-refractivity contribution in [1.29, 1.82) is 0 Å². The zero-order chi connectivity index (χ0) is 14.4. The SMILES string of the molecule is Cl.NCC1(NC(=O)CNC(=O)c2ccccc2)CCCC1. The van der Waals surface area contributed by atoms with Crippen LogP contribution >= 0.6 is 12.4 Å². The van der Waals surface area contributed by atoms with Crippen LogP contribution in [0.1, 0.15) is 36.0 Å². The van der Waals surface area contributed by atoms with E-state index in [9.17, 15) is 9.59 Å². The van der Waals surface area contributed by atoms with E-state index in [1.165, 1.54) is 0 Å². The Bertz CT molecular complexity index is 473. The van der Waals surface area contributed by atoms with Gasteiger partial charge >= 0.3 is 0 Å². The number of nitrogens with one attached hydrogen (secondary N) is 2. The Labute approximate surface area is 131 Å². The Kier molecular flexibility index (Phi) is 6.65. The summed E-state index contributed by atoms with van der Waals surface area (Å²) in [7, 11) is 0. The summed E-state index contributed by atoms with van der Waals surface area (Å²) in [5.41, 5.74) is 6.04. The molecular formula is C15H22ClN3O2. The van der Waals surface area contributed by atoms with Crippen LogP contribution in [0, 0.1) is 0 Å². The average Bonchev–Trinajstić information content (AvgIpc) is 2.95. The zero-order valence-electron chi connectivity index (χ0n) is 11.9. The summed E-state index contributed by atoms with van der Waals surface area (Å²) in [6.45, 7) is 0.431. The highest BCUT2D eigenvalue weighted by molar-refractivity contribution is 5.96. The van der Waals surface area contributed by atoms with Crippen molar-refractivity contribution in [3.8, 4) is 0 Å². The molecule has 1 fully saturated rings. The summed E-state index contributed by atoms with van der Waals surface area (Å²) in [4.78, 5) is 23.7. The molecule has 2 amide bonds. The Morgan fingerprint density at radius 2 is 1.76 bits per heavy atom. The van der Waals surface area contributed by atoms with E-state index in [1.807, 2.05) is 6.07 Å². The van der Waals surface area contributed by atoms with Gasteiger partial charge in [0.2, 0.25) is 5.91 Å². The molecule has 1 aromatic rings. The first kappa shape index (κ1) is 17.5. The third kappa shape index (κ3) is 4.72. The Morgan fingerprint density at radius 3 is 2.33 bits per heavy atom. The number of carbonyl (C=O) groups is 2. The highest BCUT2D eigenvalue weighted by atomic mass is 35.5. The molecule has 0 spiro atoms. The largest absolute Gasteiger partial charge is 0.348 e. The Hall–Kier alpha value is -1.59. The highest BCUT2D eigenvalue weighted by Crippen LogP contribution is 2.28. The fourth-order valence-electron chi connectivity index (χ4n) is 2.62. The molecule has 1 aliphatic carbocycles. The molecule has 116 valence electrons. The van der Waals surface area contributed by atoms with E-state index in [0.29, 0.717) is 12.1 Å². The molecule has 4 N–H and O–H groups in total. The van der Waals surface area contributed by atoms with Crippen molar-refractivity contribution in [2.24, 2.45) is 5.73 Å². The van der Waals surface area contributed by atoms with Crippen LogP contribution in [0.5, 0.6) is 0 Å². The van der Waals surface area contributed by atoms with Crippen molar-refractivity contribution in [1.82, 2.24) is 10.6 Å². The third-order valence-corrected chi connectivity index (χ3v) is 3.80. The van der Waals surface area contributed by atoms with Crippen molar-refractivity contribution in [2.45, 2.75) is 31.2 Å². The fourth-order valence-corrected chi connectivity index (χ4v) is 2.62. The van der Waals surface area contributed by atoms with Gasteiger partial charge in [-0.05, 0) is 25.0 Å². The molecule has 2 rings (SSSR count). The summed E-state index contributed by atoms with van der Waals surface area (Å²) in [6.07, 6.45) is 4.02. The van der Waals surface area contributed by atoms with Gasteiger partial charge in [-0.25, -0.2) is 0 Å². The van der Waals surface area contributed by atoms with E-state index in [0.717, 1.165) is 25.7 Å². The second-order valence-electron chi connectivity index (χ2n) is 5.29. The van der Waals surface area contributed by atoms with Crippen LogP contribution < -0.4 is 16.4 Å². The third-order valence-electron chi connectivity index (χ3n) is 3.80. The van der Waals surface area contributed by atoms with E-state index in [2.05, 4.69) is 10.6 Å². The molecule has 0 bridgehead atoms. The van der Waals surface area contributed by atoms with Gasteiger partial charge in [-0.3, -0.25) is 9.59 Å². The number of hydrogen-bond acceptors (Lipinski definition) is 3. The first-order chi connectivity index (χ1) is 9.65. The predicted octanol–water partition coefficient (Wildman–Crippen LogP) is 1.23. The monoisotopic (exact) mass is 311 g/mol. The number of amides is 2. The summed E-state index contributed by atoms with van der Waals surface area (Å²) in [5, 5.41) is 5.59. The summed E-state index contributed by atoms with van der Waals surface area (Å²) in [6, 6.07) is 8.85. The fraction of sp³-hybridized carbons (Fsp3) is 0.467. The quantitative estimate of drug-likeness (QED) is 0.764. The zero-order valence-corrected chi connectivity index (χ0v) is 12.7. The minimum atomic E-state index is -0.269. The maximum absolute atomic E-state index is 11.9. The lowest BCUT2D eigenvalue weighted by molar-refractivity contribution is -0.121. The summed E-state index contributed by atoms with van der Waals surface area (Å²) < 4.78 is 0. The van der Waals surface area contributed by atoms with Gasteiger partial charge in [-0.15, -0.1) is 12.4 Å².